The number of nitrogens with zero attached hydrogens (tertiary/aromatic N) is 2. The van der Waals surface area contributed by atoms with Gasteiger partial charge in [-0.3, -0.25) is 20.4 Å². The molecule has 0 fully saturated rings. The fourth-order valence-corrected chi connectivity index (χ4v) is 2.79. The lowest BCUT2D eigenvalue weighted by Crippen LogP contribution is -2.43. The van der Waals surface area contributed by atoms with Gasteiger partial charge in [0.2, 0.25) is 0 Å². The van der Waals surface area contributed by atoms with E-state index in [0.29, 0.717) is 12.2 Å². The smallest absolute Gasteiger partial charge is 0.343 e. The van der Waals surface area contributed by atoms with E-state index in [1.54, 1.807) is 6.92 Å². The summed E-state index contributed by atoms with van der Waals surface area (Å²) >= 11 is 6.28. The molecule has 2 heterocycles. The predicted molar refractivity (Wildman–Crippen MR) is 102 cm³/mol. The molecule has 0 aliphatic carbocycles. The lowest BCUT2D eigenvalue weighted by Gasteiger charge is -2.07. The summed E-state index contributed by atoms with van der Waals surface area (Å²) in [5.74, 6) is -2.14. The second-order valence-electron chi connectivity index (χ2n) is 5.95. The van der Waals surface area contributed by atoms with Crippen molar-refractivity contribution in [3.8, 4) is 0 Å². The number of ether oxygens (including phenoxy) is 1. The molecule has 0 radical (unpaired) electrons. The molecule has 0 aliphatic rings. The lowest BCUT2D eigenvalue weighted by molar-refractivity contribution is -0.125. The van der Waals surface area contributed by atoms with Crippen molar-refractivity contribution in [2.45, 2.75) is 13.5 Å². The van der Waals surface area contributed by atoms with Gasteiger partial charge in [-0.25, -0.2) is 9.48 Å². The molecule has 9 nitrogen and oxygen atoms in total. The monoisotopic (exact) mass is 416 g/mol. The molecule has 150 valence electrons. The largest absolute Gasteiger partial charge is 0.459 e. The summed E-state index contributed by atoms with van der Waals surface area (Å²) in [5, 5.41) is 4.37. The average molecular weight is 417 g/mol. The number of furan rings is 1. The molecule has 0 saturated heterocycles. The van der Waals surface area contributed by atoms with Crippen LogP contribution in [0.5, 0.6) is 0 Å². The van der Waals surface area contributed by atoms with Gasteiger partial charge in [0.15, 0.2) is 12.4 Å². The number of hydrazine groups is 1. The van der Waals surface area contributed by atoms with Gasteiger partial charge in [-0.2, -0.15) is 5.10 Å². The Labute approximate surface area is 170 Å². The van der Waals surface area contributed by atoms with Crippen molar-refractivity contribution in [3.63, 3.8) is 0 Å². The van der Waals surface area contributed by atoms with Crippen molar-refractivity contribution in [2.24, 2.45) is 0 Å². The Morgan fingerprint density at radius 2 is 1.90 bits per heavy atom. The predicted octanol–water partition coefficient (Wildman–Crippen LogP) is 2.10. The van der Waals surface area contributed by atoms with Crippen molar-refractivity contribution in [1.82, 2.24) is 20.6 Å². The molecule has 29 heavy (non-hydrogen) atoms. The molecular weight excluding hydrogens is 400 g/mol. The second-order valence-corrected chi connectivity index (χ2v) is 6.31. The van der Waals surface area contributed by atoms with Gasteiger partial charge < -0.3 is 9.15 Å². The first-order chi connectivity index (χ1) is 14.0. The summed E-state index contributed by atoms with van der Waals surface area (Å²) in [4.78, 5) is 35.8. The highest BCUT2D eigenvalue weighted by Crippen LogP contribution is 2.21. The van der Waals surface area contributed by atoms with Crippen LogP contribution in [-0.4, -0.2) is 34.2 Å². The van der Waals surface area contributed by atoms with E-state index in [1.165, 1.54) is 23.1 Å². The summed E-state index contributed by atoms with van der Waals surface area (Å²) in [5.41, 5.74) is 5.67. The quantitative estimate of drug-likeness (QED) is 0.469. The van der Waals surface area contributed by atoms with Crippen LogP contribution < -0.4 is 10.9 Å². The van der Waals surface area contributed by atoms with Crippen LogP contribution >= 0.6 is 11.6 Å². The van der Waals surface area contributed by atoms with Crippen LogP contribution in [-0.2, 0) is 16.1 Å². The number of carbonyl (C=O) groups is 3. The lowest BCUT2D eigenvalue weighted by atomic mass is 10.2. The van der Waals surface area contributed by atoms with Crippen LogP contribution in [0.25, 0.3) is 0 Å². The highest BCUT2D eigenvalue weighted by Gasteiger charge is 2.22. The second kappa shape index (κ2) is 9.07. The van der Waals surface area contributed by atoms with Crippen LogP contribution in [0.4, 0.5) is 0 Å². The standard InChI is InChI=1S/C19H17ClN4O5/c1-12-16(17(20)24(23-12)10-13-6-3-2-4-7-13)19(27)29-11-15(25)21-22-18(26)14-8-5-9-28-14/h2-9H,10-11H2,1H3,(H,21,25)(H,22,26). The van der Waals surface area contributed by atoms with Crippen LogP contribution in [0.3, 0.4) is 0 Å². The van der Waals surface area contributed by atoms with Crippen molar-refractivity contribution in [3.05, 3.63) is 76.5 Å². The molecule has 2 aromatic heterocycles. The van der Waals surface area contributed by atoms with E-state index in [-0.39, 0.29) is 16.5 Å². The number of rotatable bonds is 6. The molecule has 1 aromatic carbocycles. The van der Waals surface area contributed by atoms with Gasteiger partial charge in [-0.1, -0.05) is 41.9 Å². The van der Waals surface area contributed by atoms with Crippen molar-refractivity contribution < 1.29 is 23.5 Å². The number of halogens is 1. The summed E-state index contributed by atoms with van der Waals surface area (Å²) in [7, 11) is 0. The summed E-state index contributed by atoms with van der Waals surface area (Å²) in [6, 6.07) is 12.4. The van der Waals surface area contributed by atoms with Crippen molar-refractivity contribution >= 4 is 29.4 Å². The Morgan fingerprint density at radius 3 is 2.59 bits per heavy atom. The van der Waals surface area contributed by atoms with Crippen LogP contribution in [0.1, 0.15) is 32.2 Å². The Morgan fingerprint density at radius 1 is 1.14 bits per heavy atom. The maximum Gasteiger partial charge on any atom is 0.343 e. The zero-order valence-electron chi connectivity index (χ0n) is 15.3. The first-order valence-corrected chi connectivity index (χ1v) is 8.90. The number of nitrogens with one attached hydrogen (secondary N) is 2. The Kier molecular flexibility index (Phi) is 6.30. The minimum absolute atomic E-state index is 0.0236. The third-order valence-electron chi connectivity index (χ3n) is 3.84. The summed E-state index contributed by atoms with van der Waals surface area (Å²) in [6.45, 7) is 1.39. The fraction of sp³-hybridized carbons (Fsp3) is 0.158. The van der Waals surface area contributed by atoms with E-state index >= 15 is 0 Å². The zero-order valence-corrected chi connectivity index (χ0v) is 16.1. The Balaban J connectivity index is 1.55. The zero-order chi connectivity index (χ0) is 20.8. The van der Waals surface area contributed by atoms with Crippen molar-refractivity contribution in [1.29, 1.82) is 0 Å². The molecule has 2 amide bonds. The maximum atomic E-state index is 12.3. The molecular formula is C19H17ClN4O5. The number of carbonyl (C=O) groups excluding carboxylic acids is 3. The molecule has 3 aromatic rings. The molecule has 2 N–H and O–H groups in total. The molecule has 0 spiro atoms. The normalized spacial score (nSPS) is 10.4. The number of esters is 1. The number of benzene rings is 1. The third kappa shape index (κ3) is 5.02. The Hall–Kier alpha value is -3.59. The number of amides is 2. The number of aromatic nitrogens is 2. The summed E-state index contributed by atoms with van der Waals surface area (Å²) in [6.07, 6.45) is 1.32. The average Bonchev–Trinajstić information content (AvgIpc) is 3.34. The molecule has 0 bridgehead atoms. The first kappa shape index (κ1) is 20.2. The number of aryl methyl sites for hydroxylation is 1. The molecule has 0 saturated carbocycles. The topological polar surface area (TPSA) is 115 Å². The summed E-state index contributed by atoms with van der Waals surface area (Å²) < 4.78 is 11.3. The van der Waals surface area contributed by atoms with Gasteiger partial charge >= 0.3 is 11.9 Å². The molecule has 0 unspecified atom stereocenters. The minimum atomic E-state index is -0.792. The molecule has 3 rings (SSSR count). The van der Waals surface area contributed by atoms with Crippen LogP contribution in [0.15, 0.2) is 53.1 Å². The SMILES string of the molecule is Cc1nn(Cc2ccccc2)c(Cl)c1C(=O)OCC(=O)NNC(=O)c1ccco1. The van der Waals surface area contributed by atoms with Crippen molar-refractivity contribution in [2.75, 3.05) is 6.61 Å². The van der Waals surface area contributed by atoms with Crippen LogP contribution in [0.2, 0.25) is 5.15 Å². The molecule has 10 heteroatoms. The first-order valence-electron chi connectivity index (χ1n) is 8.52. The highest BCUT2D eigenvalue weighted by atomic mass is 35.5. The Bertz CT molecular complexity index is 1010. The van der Waals surface area contributed by atoms with E-state index in [1.807, 2.05) is 30.3 Å². The van der Waals surface area contributed by atoms with Crippen LogP contribution in [0, 0.1) is 6.92 Å². The van der Waals surface area contributed by atoms with E-state index in [0.717, 1.165) is 5.56 Å². The van der Waals surface area contributed by atoms with E-state index in [2.05, 4.69) is 16.0 Å². The minimum Gasteiger partial charge on any atom is -0.459 e. The third-order valence-corrected chi connectivity index (χ3v) is 4.22. The van der Waals surface area contributed by atoms with E-state index in [9.17, 15) is 14.4 Å². The number of hydrogen-bond donors (Lipinski definition) is 2. The van der Waals surface area contributed by atoms with Gasteiger partial charge in [-0.05, 0) is 24.6 Å². The van der Waals surface area contributed by atoms with Gasteiger partial charge in [0.05, 0.1) is 18.5 Å². The fourth-order valence-electron chi connectivity index (χ4n) is 2.48. The highest BCUT2D eigenvalue weighted by molar-refractivity contribution is 6.32. The maximum absolute atomic E-state index is 12.3. The van der Waals surface area contributed by atoms with Gasteiger partial charge in [0, 0.05) is 0 Å². The van der Waals surface area contributed by atoms with E-state index in [4.69, 9.17) is 20.8 Å². The molecule has 0 atom stereocenters. The van der Waals surface area contributed by atoms with Gasteiger partial charge in [-0.15, -0.1) is 0 Å². The molecule has 0 aliphatic heterocycles. The van der Waals surface area contributed by atoms with E-state index < -0.39 is 24.4 Å². The number of hydrogen-bond acceptors (Lipinski definition) is 6. The van der Waals surface area contributed by atoms with Gasteiger partial charge in [0.25, 0.3) is 5.91 Å². The van der Waals surface area contributed by atoms with Gasteiger partial charge in [0.1, 0.15) is 10.7 Å².